The quantitative estimate of drug-likeness (QED) is 0.851. The molecule has 0 unspecified atom stereocenters. The first-order valence-corrected chi connectivity index (χ1v) is 8.16. The molecule has 3 nitrogen and oxygen atoms in total. The Bertz CT molecular complexity index is 525. The van der Waals surface area contributed by atoms with Gasteiger partial charge < -0.3 is 10.6 Å². The van der Waals surface area contributed by atoms with Gasteiger partial charge in [-0.25, -0.2) is 0 Å². The van der Waals surface area contributed by atoms with Crippen LogP contribution in [0.3, 0.4) is 0 Å². The molecule has 0 radical (unpaired) electrons. The zero-order valence-electron chi connectivity index (χ0n) is 12.6. The number of rotatable bonds is 4. The van der Waals surface area contributed by atoms with Crippen molar-refractivity contribution in [2.24, 2.45) is 0 Å². The van der Waals surface area contributed by atoms with E-state index in [2.05, 4.69) is 10.6 Å². The van der Waals surface area contributed by atoms with Gasteiger partial charge in [0.15, 0.2) is 0 Å². The van der Waals surface area contributed by atoms with Gasteiger partial charge in [0.25, 0.3) is 0 Å². The maximum Gasteiger partial charge on any atom is 0.226 e. The molecule has 0 atom stereocenters. The molecule has 1 fully saturated rings. The summed E-state index contributed by atoms with van der Waals surface area (Å²) in [7, 11) is 1.94. The molecule has 1 saturated carbocycles. The Morgan fingerprint density at radius 2 is 1.90 bits per heavy atom. The van der Waals surface area contributed by atoms with E-state index in [1.807, 2.05) is 20.0 Å². The molecule has 21 heavy (non-hydrogen) atoms. The van der Waals surface area contributed by atoms with Gasteiger partial charge in [-0.05, 0) is 38.4 Å². The number of amides is 1. The van der Waals surface area contributed by atoms with Crippen LogP contribution in [0.5, 0.6) is 0 Å². The highest BCUT2D eigenvalue weighted by Gasteiger charge is 2.32. The Balaban J connectivity index is 2.10. The molecule has 5 heteroatoms. The van der Waals surface area contributed by atoms with Crippen molar-refractivity contribution in [3.63, 3.8) is 0 Å². The molecule has 0 bridgehead atoms. The largest absolute Gasteiger partial charge is 0.323 e. The highest BCUT2D eigenvalue weighted by molar-refractivity contribution is 6.40. The SMILES string of the molecule is CNC1(CC(=O)Nc2c(Cl)ccc(C)c2Cl)CCCCC1. The van der Waals surface area contributed by atoms with Crippen LogP contribution >= 0.6 is 23.2 Å². The molecule has 1 amide bonds. The van der Waals surface area contributed by atoms with Gasteiger partial charge in [0, 0.05) is 12.0 Å². The average molecular weight is 329 g/mol. The van der Waals surface area contributed by atoms with E-state index in [4.69, 9.17) is 23.2 Å². The van der Waals surface area contributed by atoms with Crippen LogP contribution in [0.2, 0.25) is 10.0 Å². The molecule has 1 aliphatic rings. The van der Waals surface area contributed by atoms with Crippen molar-refractivity contribution in [2.75, 3.05) is 12.4 Å². The Kier molecular flexibility index (Phi) is 5.53. The van der Waals surface area contributed by atoms with Crippen LogP contribution in [0.1, 0.15) is 44.1 Å². The zero-order valence-corrected chi connectivity index (χ0v) is 14.1. The van der Waals surface area contributed by atoms with E-state index in [1.54, 1.807) is 6.07 Å². The lowest BCUT2D eigenvalue weighted by molar-refractivity contribution is -0.117. The number of carbonyl (C=O) groups excluding carboxylic acids is 1. The Hall–Kier alpha value is -0.770. The third kappa shape index (κ3) is 3.91. The van der Waals surface area contributed by atoms with Crippen molar-refractivity contribution in [3.05, 3.63) is 27.7 Å². The maximum atomic E-state index is 12.4. The normalized spacial score (nSPS) is 17.5. The predicted molar refractivity (Wildman–Crippen MR) is 89.3 cm³/mol. The first-order chi connectivity index (χ1) is 9.97. The van der Waals surface area contributed by atoms with E-state index in [0.717, 1.165) is 18.4 Å². The van der Waals surface area contributed by atoms with Gasteiger partial charge in [0.1, 0.15) is 0 Å². The lowest BCUT2D eigenvalue weighted by Gasteiger charge is -2.36. The summed E-state index contributed by atoms with van der Waals surface area (Å²) in [5, 5.41) is 7.22. The molecule has 2 N–H and O–H groups in total. The van der Waals surface area contributed by atoms with Crippen LogP contribution in [0.4, 0.5) is 5.69 Å². The standard InChI is InChI=1S/C16H22Cl2N2O/c1-11-6-7-12(17)15(14(11)18)20-13(21)10-16(19-2)8-4-3-5-9-16/h6-7,19H,3-5,8-10H2,1-2H3,(H,20,21). The number of hydrogen-bond donors (Lipinski definition) is 2. The summed E-state index contributed by atoms with van der Waals surface area (Å²) in [4.78, 5) is 12.4. The van der Waals surface area contributed by atoms with Crippen molar-refractivity contribution < 1.29 is 4.79 Å². The molecule has 1 aromatic carbocycles. The number of halogens is 2. The molecular weight excluding hydrogens is 307 g/mol. The number of benzene rings is 1. The molecule has 0 saturated heterocycles. The smallest absolute Gasteiger partial charge is 0.226 e. The van der Waals surface area contributed by atoms with Crippen LogP contribution in [0, 0.1) is 6.92 Å². The van der Waals surface area contributed by atoms with Gasteiger partial charge in [0.2, 0.25) is 5.91 Å². The van der Waals surface area contributed by atoms with Gasteiger partial charge in [-0.15, -0.1) is 0 Å². The molecule has 0 aliphatic heterocycles. The van der Waals surface area contributed by atoms with E-state index >= 15 is 0 Å². The monoisotopic (exact) mass is 328 g/mol. The van der Waals surface area contributed by atoms with E-state index in [9.17, 15) is 4.79 Å². The molecular formula is C16H22Cl2N2O. The Labute approximate surface area is 136 Å². The number of anilines is 1. The van der Waals surface area contributed by atoms with Gasteiger partial charge in [0.05, 0.1) is 15.7 Å². The average Bonchev–Trinajstić information content (AvgIpc) is 2.48. The number of hydrogen-bond acceptors (Lipinski definition) is 2. The fraction of sp³-hybridized carbons (Fsp3) is 0.562. The fourth-order valence-corrected chi connectivity index (χ4v) is 3.47. The Morgan fingerprint density at radius 3 is 2.52 bits per heavy atom. The molecule has 1 aromatic rings. The fourth-order valence-electron chi connectivity index (χ4n) is 3.01. The molecule has 1 aliphatic carbocycles. The first-order valence-electron chi connectivity index (χ1n) is 7.41. The summed E-state index contributed by atoms with van der Waals surface area (Å²) in [6.45, 7) is 1.89. The molecule has 2 rings (SSSR count). The molecule has 0 heterocycles. The van der Waals surface area contributed by atoms with Crippen LogP contribution in [0.15, 0.2) is 12.1 Å². The highest BCUT2D eigenvalue weighted by Crippen LogP contribution is 2.35. The number of aryl methyl sites for hydroxylation is 1. The summed E-state index contributed by atoms with van der Waals surface area (Å²) in [6, 6.07) is 3.60. The van der Waals surface area contributed by atoms with Crippen LogP contribution in [-0.2, 0) is 4.79 Å². The predicted octanol–water partition coefficient (Wildman–Crippen LogP) is 4.55. The highest BCUT2D eigenvalue weighted by atomic mass is 35.5. The van der Waals surface area contributed by atoms with Crippen LogP contribution in [-0.4, -0.2) is 18.5 Å². The van der Waals surface area contributed by atoms with Crippen LogP contribution < -0.4 is 10.6 Å². The van der Waals surface area contributed by atoms with Crippen molar-refractivity contribution >= 4 is 34.8 Å². The zero-order chi connectivity index (χ0) is 15.5. The Morgan fingerprint density at radius 1 is 1.24 bits per heavy atom. The van der Waals surface area contributed by atoms with Crippen molar-refractivity contribution in [1.82, 2.24) is 5.32 Å². The molecule has 116 valence electrons. The minimum absolute atomic E-state index is 0.0411. The van der Waals surface area contributed by atoms with E-state index in [1.165, 1.54) is 19.3 Å². The summed E-state index contributed by atoms with van der Waals surface area (Å²) >= 11 is 12.4. The summed E-state index contributed by atoms with van der Waals surface area (Å²) < 4.78 is 0. The molecule has 0 spiro atoms. The van der Waals surface area contributed by atoms with Crippen molar-refractivity contribution in [2.45, 2.75) is 51.0 Å². The van der Waals surface area contributed by atoms with E-state index in [-0.39, 0.29) is 11.4 Å². The summed E-state index contributed by atoms with van der Waals surface area (Å²) in [6.07, 6.45) is 6.10. The minimum Gasteiger partial charge on any atom is -0.323 e. The van der Waals surface area contributed by atoms with Gasteiger partial charge >= 0.3 is 0 Å². The van der Waals surface area contributed by atoms with Crippen molar-refractivity contribution in [1.29, 1.82) is 0 Å². The summed E-state index contributed by atoms with van der Waals surface area (Å²) in [5.74, 6) is -0.0411. The van der Waals surface area contributed by atoms with E-state index < -0.39 is 0 Å². The van der Waals surface area contributed by atoms with E-state index in [0.29, 0.717) is 22.2 Å². The lowest BCUT2D eigenvalue weighted by atomic mass is 9.79. The molecule has 0 aromatic heterocycles. The third-order valence-corrected chi connectivity index (χ3v) is 5.19. The second kappa shape index (κ2) is 6.99. The van der Waals surface area contributed by atoms with Crippen LogP contribution in [0.25, 0.3) is 0 Å². The second-order valence-electron chi connectivity index (χ2n) is 5.87. The topological polar surface area (TPSA) is 41.1 Å². The van der Waals surface area contributed by atoms with Gasteiger partial charge in [-0.1, -0.05) is 48.5 Å². The number of nitrogens with one attached hydrogen (secondary N) is 2. The third-order valence-electron chi connectivity index (χ3n) is 4.39. The van der Waals surface area contributed by atoms with Crippen molar-refractivity contribution in [3.8, 4) is 0 Å². The first kappa shape index (κ1) is 16.6. The number of carbonyl (C=O) groups is 1. The lowest BCUT2D eigenvalue weighted by Crippen LogP contribution is -2.47. The second-order valence-corrected chi connectivity index (χ2v) is 6.65. The minimum atomic E-state index is -0.0922. The van der Waals surface area contributed by atoms with Gasteiger partial charge in [-0.2, -0.15) is 0 Å². The maximum absolute atomic E-state index is 12.4. The van der Waals surface area contributed by atoms with Gasteiger partial charge in [-0.3, -0.25) is 4.79 Å². The summed E-state index contributed by atoms with van der Waals surface area (Å²) in [5.41, 5.74) is 1.33.